The summed E-state index contributed by atoms with van der Waals surface area (Å²) in [6, 6.07) is 5.28. The average Bonchev–Trinajstić information content (AvgIpc) is 2.19. The summed E-state index contributed by atoms with van der Waals surface area (Å²) < 4.78 is 27.1. The molecule has 2 N–H and O–H groups in total. The molecule has 1 atom stereocenters. The molecule has 18 heavy (non-hydrogen) atoms. The lowest BCUT2D eigenvalue weighted by Crippen LogP contribution is -2.50. The fourth-order valence-electron chi connectivity index (χ4n) is 1.48. The summed E-state index contributed by atoms with van der Waals surface area (Å²) in [6.45, 7) is 8.47. The van der Waals surface area contributed by atoms with E-state index in [1.165, 1.54) is 0 Å². The maximum atomic E-state index is 12.3. The Morgan fingerprint density at radius 2 is 1.83 bits per heavy atom. The van der Waals surface area contributed by atoms with Gasteiger partial charge in [0.25, 0.3) is 0 Å². The molecule has 0 fully saturated rings. The SMILES string of the molecule is Cc1ccc(C)c(S(=O)(=O)NC(C)(C)C(C)O)c1. The molecule has 0 amide bonds. The smallest absolute Gasteiger partial charge is 0.241 e. The van der Waals surface area contributed by atoms with Crippen molar-refractivity contribution in [3.8, 4) is 0 Å². The van der Waals surface area contributed by atoms with Crippen molar-refractivity contribution in [2.24, 2.45) is 0 Å². The Labute approximate surface area is 109 Å². The number of nitrogens with one attached hydrogen (secondary N) is 1. The topological polar surface area (TPSA) is 66.4 Å². The first-order chi connectivity index (χ1) is 8.06. The summed E-state index contributed by atoms with van der Waals surface area (Å²) in [7, 11) is -3.63. The average molecular weight is 271 g/mol. The minimum absolute atomic E-state index is 0.260. The maximum absolute atomic E-state index is 12.3. The van der Waals surface area contributed by atoms with Crippen LogP contribution in [-0.4, -0.2) is 25.2 Å². The normalized spacial score (nSPS) is 14.6. The Morgan fingerprint density at radius 1 is 1.28 bits per heavy atom. The van der Waals surface area contributed by atoms with Gasteiger partial charge in [0.2, 0.25) is 10.0 Å². The van der Waals surface area contributed by atoms with Crippen LogP contribution in [0, 0.1) is 13.8 Å². The molecule has 1 rings (SSSR count). The molecule has 0 saturated heterocycles. The van der Waals surface area contributed by atoms with Crippen LogP contribution in [0.2, 0.25) is 0 Å². The van der Waals surface area contributed by atoms with E-state index in [0.717, 1.165) is 5.56 Å². The second-order valence-electron chi connectivity index (χ2n) is 5.27. The highest BCUT2D eigenvalue weighted by molar-refractivity contribution is 7.89. The first-order valence-corrected chi connectivity index (χ1v) is 7.34. The number of sulfonamides is 1. The lowest BCUT2D eigenvalue weighted by Gasteiger charge is -2.29. The van der Waals surface area contributed by atoms with Crippen molar-refractivity contribution < 1.29 is 13.5 Å². The van der Waals surface area contributed by atoms with E-state index in [0.29, 0.717) is 5.56 Å². The largest absolute Gasteiger partial charge is 0.391 e. The van der Waals surface area contributed by atoms with E-state index in [-0.39, 0.29) is 4.90 Å². The van der Waals surface area contributed by atoms with Crippen LogP contribution in [0.15, 0.2) is 23.1 Å². The Hall–Kier alpha value is -0.910. The van der Waals surface area contributed by atoms with Crippen molar-refractivity contribution >= 4 is 10.0 Å². The summed E-state index contributed by atoms with van der Waals surface area (Å²) in [4.78, 5) is 0.260. The summed E-state index contributed by atoms with van der Waals surface area (Å²) in [5, 5.41) is 9.59. The second kappa shape index (κ2) is 4.99. The first kappa shape index (κ1) is 15.1. The van der Waals surface area contributed by atoms with Gasteiger partial charge in [-0.1, -0.05) is 12.1 Å². The van der Waals surface area contributed by atoms with Crippen molar-refractivity contribution in [2.45, 2.75) is 51.2 Å². The third-order valence-electron chi connectivity index (χ3n) is 3.08. The third kappa shape index (κ3) is 3.31. The zero-order valence-corrected chi connectivity index (χ0v) is 12.3. The standard InChI is InChI=1S/C13H21NO3S/c1-9-6-7-10(2)12(8-9)18(16,17)14-13(4,5)11(3)15/h6-8,11,14-15H,1-5H3. The van der Waals surface area contributed by atoms with E-state index in [2.05, 4.69) is 4.72 Å². The number of benzene rings is 1. The molecular weight excluding hydrogens is 250 g/mol. The van der Waals surface area contributed by atoms with Gasteiger partial charge >= 0.3 is 0 Å². The van der Waals surface area contributed by atoms with E-state index in [1.54, 1.807) is 39.8 Å². The summed E-state index contributed by atoms with van der Waals surface area (Å²) in [6.07, 6.45) is -0.780. The quantitative estimate of drug-likeness (QED) is 0.876. The zero-order chi connectivity index (χ0) is 14.1. The van der Waals surface area contributed by atoms with Gasteiger partial charge in [0.15, 0.2) is 0 Å². The van der Waals surface area contributed by atoms with E-state index in [9.17, 15) is 13.5 Å². The number of aryl methyl sites for hydroxylation is 2. The molecule has 5 heteroatoms. The molecule has 0 aromatic heterocycles. The summed E-state index contributed by atoms with van der Waals surface area (Å²) in [5.41, 5.74) is 0.667. The predicted octanol–water partition coefficient (Wildman–Crippen LogP) is 1.74. The maximum Gasteiger partial charge on any atom is 0.241 e. The van der Waals surface area contributed by atoms with Crippen molar-refractivity contribution in [1.82, 2.24) is 4.72 Å². The van der Waals surface area contributed by atoms with Crippen LogP contribution < -0.4 is 4.72 Å². The van der Waals surface area contributed by atoms with E-state index >= 15 is 0 Å². The molecule has 0 aliphatic carbocycles. The van der Waals surface area contributed by atoms with Gasteiger partial charge < -0.3 is 5.11 Å². The lowest BCUT2D eigenvalue weighted by molar-refractivity contribution is 0.111. The number of aliphatic hydroxyl groups is 1. The Kier molecular flexibility index (Phi) is 4.20. The first-order valence-electron chi connectivity index (χ1n) is 5.85. The molecule has 0 saturated carbocycles. The predicted molar refractivity (Wildman–Crippen MR) is 72.0 cm³/mol. The van der Waals surface area contributed by atoms with Gasteiger partial charge in [-0.15, -0.1) is 0 Å². The zero-order valence-electron chi connectivity index (χ0n) is 11.5. The third-order valence-corrected chi connectivity index (χ3v) is 4.89. The fourth-order valence-corrected chi connectivity index (χ4v) is 3.29. The highest BCUT2D eigenvalue weighted by atomic mass is 32.2. The van der Waals surface area contributed by atoms with E-state index < -0.39 is 21.7 Å². The number of aliphatic hydroxyl groups excluding tert-OH is 1. The van der Waals surface area contributed by atoms with E-state index in [1.807, 2.05) is 13.0 Å². The van der Waals surface area contributed by atoms with Crippen LogP contribution in [0.4, 0.5) is 0 Å². The second-order valence-corrected chi connectivity index (χ2v) is 6.92. The van der Waals surface area contributed by atoms with Crippen LogP contribution in [-0.2, 0) is 10.0 Å². The molecule has 0 spiro atoms. The molecular formula is C13H21NO3S. The molecule has 0 aliphatic heterocycles. The molecule has 1 unspecified atom stereocenters. The van der Waals surface area contributed by atoms with Crippen LogP contribution in [0.5, 0.6) is 0 Å². The molecule has 0 heterocycles. The highest BCUT2D eigenvalue weighted by Crippen LogP contribution is 2.20. The highest BCUT2D eigenvalue weighted by Gasteiger charge is 2.31. The van der Waals surface area contributed by atoms with E-state index in [4.69, 9.17) is 0 Å². The van der Waals surface area contributed by atoms with Gasteiger partial charge in [-0.25, -0.2) is 13.1 Å². The number of rotatable bonds is 4. The summed E-state index contributed by atoms with van der Waals surface area (Å²) >= 11 is 0. The van der Waals surface area contributed by atoms with Crippen LogP contribution in [0.1, 0.15) is 31.9 Å². The lowest BCUT2D eigenvalue weighted by atomic mass is 10.0. The molecule has 102 valence electrons. The Morgan fingerprint density at radius 3 is 2.33 bits per heavy atom. The Bertz CT molecular complexity index is 533. The van der Waals surface area contributed by atoms with Gasteiger partial charge in [-0.05, 0) is 51.8 Å². The van der Waals surface area contributed by atoms with Gasteiger partial charge in [0.1, 0.15) is 0 Å². The molecule has 0 aliphatic rings. The monoisotopic (exact) mass is 271 g/mol. The van der Waals surface area contributed by atoms with Crippen LogP contribution >= 0.6 is 0 Å². The molecule has 1 aromatic rings. The fraction of sp³-hybridized carbons (Fsp3) is 0.538. The van der Waals surface area contributed by atoms with Crippen LogP contribution in [0.25, 0.3) is 0 Å². The minimum Gasteiger partial charge on any atom is -0.391 e. The van der Waals surface area contributed by atoms with Gasteiger partial charge in [-0.2, -0.15) is 0 Å². The summed E-state index contributed by atoms with van der Waals surface area (Å²) in [5.74, 6) is 0. The van der Waals surface area contributed by atoms with Crippen molar-refractivity contribution in [3.05, 3.63) is 29.3 Å². The molecule has 0 radical (unpaired) electrons. The molecule has 4 nitrogen and oxygen atoms in total. The van der Waals surface area contributed by atoms with Crippen molar-refractivity contribution in [2.75, 3.05) is 0 Å². The van der Waals surface area contributed by atoms with Gasteiger partial charge in [0, 0.05) is 0 Å². The van der Waals surface area contributed by atoms with Crippen molar-refractivity contribution in [1.29, 1.82) is 0 Å². The van der Waals surface area contributed by atoms with Crippen molar-refractivity contribution in [3.63, 3.8) is 0 Å². The van der Waals surface area contributed by atoms with Gasteiger partial charge in [0.05, 0.1) is 16.5 Å². The Balaban J connectivity index is 3.19. The van der Waals surface area contributed by atoms with Gasteiger partial charge in [-0.3, -0.25) is 0 Å². The number of hydrogen-bond donors (Lipinski definition) is 2. The molecule has 1 aromatic carbocycles. The van der Waals surface area contributed by atoms with Crippen LogP contribution in [0.3, 0.4) is 0 Å². The molecule has 0 bridgehead atoms. The number of hydrogen-bond acceptors (Lipinski definition) is 3. The minimum atomic E-state index is -3.63.